The molecule has 2 heterocycles. The average Bonchev–Trinajstić information content (AvgIpc) is 2.71. The molecule has 2 rings (SSSR count). The molecule has 0 aliphatic carbocycles. The summed E-state index contributed by atoms with van der Waals surface area (Å²) in [6, 6.07) is -0.329. The van der Waals surface area contributed by atoms with Gasteiger partial charge in [-0.25, -0.2) is 4.79 Å². The van der Waals surface area contributed by atoms with Crippen LogP contribution in [0.15, 0.2) is 11.0 Å². The summed E-state index contributed by atoms with van der Waals surface area (Å²) in [4.78, 5) is 15.6. The summed E-state index contributed by atoms with van der Waals surface area (Å²) in [5.41, 5.74) is 5.69. The van der Waals surface area contributed by atoms with Crippen molar-refractivity contribution in [2.24, 2.45) is 0 Å². The summed E-state index contributed by atoms with van der Waals surface area (Å²) < 4.78 is 12.0. The summed E-state index contributed by atoms with van der Waals surface area (Å²) in [7, 11) is 3.27. The number of nitrogen functional groups attached to an aromatic ring is 1. The first-order valence-corrected chi connectivity index (χ1v) is 6.34. The Balaban J connectivity index is 2.34. The van der Waals surface area contributed by atoms with Crippen molar-refractivity contribution in [2.75, 3.05) is 26.5 Å². The van der Waals surface area contributed by atoms with Gasteiger partial charge in [0.1, 0.15) is 18.0 Å². The maximum absolute atomic E-state index is 11.9. The molecule has 0 saturated carbocycles. The van der Waals surface area contributed by atoms with Gasteiger partial charge < -0.3 is 25.6 Å². The Bertz CT molecular complexity index is 533. The van der Waals surface area contributed by atoms with E-state index in [1.54, 1.807) is 27.3 Å². The van der Waals surface area contributed by atoms with Gasteiger partial charge in [0.25, 0.3) is 0 Å². The Morgan fingerprint density at radius 2 is 2.35 bits per heavy atom. The maximum atomic E-state index is 11.9. The van der Waals surface area contributed by atoms with E-state index in [4.69, 9.17) is 15.2 Å². The first-order valence-electron chi connectivity index (χ1n) is 6.34. The van der Waals surface area contributed by atoms with Gasteiger partial charge in [-0.2, -0.15) is 4.98 Å². The fraction of sp³-hybridized carbons (Fsp3) is 0.667. The van der Waals surface area contributed by atoms with Gasteiger partial charge in [0.2, 0.25) is 0 Å². The number of nitrogens with two attached hydrogens (primary N) is 1. The second-order valence-electron chi connectivity index (χ2n) is 4.82. The lowest BCUT2D eigenvalue weighted by Crippen LogP contribution is -2.44. The number of nitrogens with one attached hydrogen (secondary N) is 1. The quantitative estimate of drug-likeness (QED) is 0.625. The second-order valence-corrected chi connectivity index (χ2v) is 4.82. The van der Waals surface area contributed by atoms with Crippen LogP contribution >= 0.6 is 0 Å². The van der Waals surface area contributed by atoms with Crippen molar-refractivity contribution >= 4 is 5.82 Å². The number of nitrogens with zero attached hydrogens (tertiary/aromatic N) is 2. The largest absolute Gasteiger partial charge is 0.387 e. The number of aliphatic hydroxyl groups excluding tert-OH is 1. The lowest BCUT2D eigenvalue weighted by Gasteiger charge is -2.19. The van der Waals surface area contributed by atoms with E-state index in [9.17, 15) is 9.90 Å². The molecule has 112 valence electrons. The molecule has 2 unspecified atom stereocenters. The van der Waals surface area contributed by atoms with E-state index in [1.807, 2.05) is 0 Å². The maximum Gasteiger partial charge on any atom is 0.351 e. The highest BCUT2D eigenvalue weighted by Gasteiger charge is 2.44. The number of anilines is 1. The van der Waals surface area contributed by atoms with Crippen LogP contribution in [0, 0.1) is 6.92 Å². The van der Waals surface area contributed by atoms with Crippen LogP contribution in [0.5, 0.6) is 0 Å². The van der Waals surface area contributed by atoms with Crippen molar-refractivity contribution in [3.63, 3.8) is 0 Å². The predicted octanol–water partition coefficient (Wildman–Crippen LogP) is -1.37. The summed E-state index contributed by atoms with van der Waals surface area (Å²) in [6.45, 7) is 2.05. The minimum absolute atomic E-state index is 0.178. The van der Waals surface area contributed by atoms with Gasteiger partial charge >= 0.3 is 5.69 Å². The van der Waals surface area contributed by atoms with E-state index in [0.29, 0.717) is 12.2 Å². The number of aliphatic hydroxyl groups is 1. The topological polar surface area (TPSA) is 112 Å². The van der Waals surface area contributed by atoms with E-state index in [2.05, 4.69) is 10.3 Å². The van der Waals surface area contributed by atoms with Crippen molar-refractivity contribution in [1.82, 2.24) is 14.9 Å². The minimum atomic E-state index is -0.886. The van der Waals surface area contributed by atoms with Crippen molar-refractivity contribution in [3.8, 4) is 0 Å². The number of aromatic nitrogens is 2. The van der Waals surface area contributed by atoms with Gasteiger partial charge in [-0.05, 0) is 14.0 Å². The van der Waals surface area contributed by atoms with Gasteiger partial charge in [0, 0.05) is 18.9 Å². The molecule has 1 aromatic rings. The summed E-state index contributed by atoms with van der Waals surface area (Å²) >= 11 is 0. The van der Waals surface area contributed by atoms with Gasteiger partial charge in [0.05, 0.1) is 12.6 Å². The van der Waals surface area contributed by atoms with Crippen LogP contribution in [0.4, 0.5) is 5.82 Å². The molecule has 8 nitrogen and oxygen atoms in total. The minimum Gasteiger partial charge on any atom is -0.387 e. The van der Waals surface area contributed by atoms with E-state index in [0.717, 1.165) is 0 Å². The second kappa shape index (κ2) is 5.88. The third kappa shape index (κ3) is 2.55. The van der Waals surface area contributed by atoms with Crippen LogP contribution < -0.4 is 16.7 Å². The Morgan fingerprint density at radius 1 is 1.65 bits per heavy atom. The molecule has 0 bridgehead atoms. The SMILES string of the molecule is CNC1C(O)[C@H](n2cc(C)c(N)nc2=O)O[C@@H]1COC. The Labute approximate surface area is 116 Å². The summed E-state index contributed by atoms with van der Waals surface area (Å²) in [5.74, 6) is 0.178. The van der Waals surface area contributed by atoms with Crippen LogP contribution in [0.25, 0.3) is 0 Å². The molecular weight excluding hydrogens is 264 g/mol. The molecule has 4 atom stereocenters. The molecule has 1 saturated heterocycles. The zero-order valence-corrected chi connectivity index (χ0v) is 11.7. The lowest BCUT2D eigenvalue weighted by molar-refractivity contribution is -0.0585. The van der Waals surface area contributed by atoms with Crippen molar-refractivity contribution in [1.29, 1.82) is 0 Å². The van der Waals surface area contributed by atoms with Crippen LogP contribution in [0.3, 0.4) is 0 Å². The summed E-state index contributed by atoms with van der Waals surface area (Å²) in [6.07, 6.45) is -0.509. The Kier molecular flexibility index (Phi) is 4.39. The number of methoxy groups -OCH3 is 1. The van der Waals surface area contributed by atoms with Gasteiger partial charge in [-0.1, -0.05) is 0 Å². The zero-order valence-electron chi connectivity index (χ0n) is 11.7. The highest BCUT2D eigenvalue weighted by atomic mass is 16.6. The third-order valence-electron chi connectivity index (χ3n) is 3.49. The zero-order chi connectivity index (χ0) is 14.9. The molecule has 0 amide bonds. The van der Waals surface area contributed by atoms with Crippen LogP contribution in [-0.2, 0) is 9.47 Å². The van der Waals surface area contributed by atoms with Gasteiger partial charge in [-0.15, -0.1) is 0 Å². The Morgan fingerprint density at radius 3 is 2.95 bits per heavy atom. The molecule has 0 spiro atoms. The number of ether oxygens (including phenoxy) is 2. The number of hydrogen-bond acceptors (Lipinski definition) is 7. The molecule has 1 aliphatic rings. The van der Waals surface area contributed by atoms with E-state index < -0.39 is 18.0 Å². The molecule has 1 aliphatic heterocycles. The predicted molar refractivity (Wildman–Crippen MR) is 72.3 cm³/mol. The van der Waals surface area contributed by atoms with Gasteiger partial charge in [0.15, 0.2) is 6.23 Å². The third-order valence-corrected chi connectivity index (χ3v) is 3.49. The number of aryl methyl sites for hydroxylation is 1. The smallest absolute Gasteiger partial charge is 0.351 e. The van der Waals surface area contributed by atoms with Crippen LogP contribution in [0.1, 0.15) is 11.8 Å². The Hall–Kier alpha value is -1.48. The normalized spacial score (nSPS) is 29.8. The lowest BCUT2D eigenvalue weighted by atomic mass is 10.1. The average molecular weight is 284 g/mol. The molecule has 4 N–H and O–H groups in total. The fourth-order valence-corrected chi connectivity index (χ4v) is 2.40. The first-order chi connectivity index (χ1) is 9.49. The van der Waals surface area contributed by atoms with Crippen molar-refractivity contribution < 1.29 is 14.6 Å². The standard InChI is InChI=1S/C12H20N4O4/c1-6-4-16(12(18)15-10(6)13)11-9(17)8(14-2)7(20-11)5-19-3/h4,7-9,11,14,17H,5H2,1-3H3,(H2,13,15,18)/t7-,8?,9?,11-/m1/s1. The monoisotopic (exact) mass is 284 g/mol. The molecule has 1 aromatic heterocycles. The molecule has 20 heavy (non-hydrogen) atoms. The highest BCUT2D eigenvalue weighted by Crippen LogP contribution is 2.28. The fourth-order valence-electron chi connectivity index (χ4n) is 2.40. The number of rotatable bonds is 4. The molecule has 0 radical (unpaired) electrons. The first kappa shape index (κ1) is 14.9. The number of likely N-dealkylation sites (N-methyl/N-ethyl adjacent to an activating group) is 1. The van der Waals surface area contributed by atoms with Crippen LogP contribution in [0.2, 0.25) is 0 Å². The molecule has 0 aromatic carbocycles. The molecule has 8 heteroatoms. The van der Waals surface area contributed by atoms with Crippen molar-refractivity contribution in [2.45, 2.75) is 31.4 Å². The van der Waals surface area contributed by atoms with Gasteiger partial charge in [-0.3, -0.25) is 4.57 Å². The van der Waals surface area contributed by atoms with E-state index in [-0.39, 0.29) is 18.0 Å². The van der Waals surface area contributed by atoms with E-state index in [1.165, 1.54) is 4.57 Å². The summed E-state index contributed by atoms with van der Waals surface area (Å²) in [5, 5.41) is 13.3. The molecular formula is C12H20N4O4. The molecule has 1 fully saturated rings. The van der Waals surface area contributed by atoms with E-state index >= 15 is 0 Å². The van der Waals surface area contributed by atoms with Crippen molar-refractivity contribution in [3.05, 3.63) is 22.2 Å². The highest BCUT2D eigenvalue weighted by molar-refractivity contribution is 5.35. The van der Waals surface area contributed by atoms with Crippen LogP contribution in [-0.4, -0.2) is 53.7 Å². The number of hydrogen-bond donors (Lipinski definition) is 3.